The van der Waals surface area contributed by atoms with E-state index in [9.17, 15) is 26.7 Å². The molecular formula is C16H15ClF3NO4S. The van der Waals surface area contributed by atoms with Gasteiger partial charge in [0.05, 0.1) is 28.7 Å². The smallest absolute Gasteiger partial charge is 0.416 e. The molecule has 0 aliphatic heterocycles. The topological polar surface area (TPSA) is 75.6 Å². The Morgan fingerprint density at radius 3 is 2.31 bits per heavy atom. The van der Waals surface area contributed by atoms with Crippen LogP contribution in [0.25, 0.3) is 0 Å². The normalized spacial score (nSPS) is 13.5. The maximum atomic E-state index is 12.5. The van der Waals surface area contributed by atoms with E-state index in [-0.39, 0.29) is 15.5 Å². The molecule has 0 heterocycles. The van der Waals surface area contributed by atoms with Crippen LogP contribution in [-0.2, 0) is 16.2 Å². The monoisotopic (exact) mass is 409 g/mol. The number of ether oxygens (including phenoxy) is 1. The first-order valence-electron chi connectivity index (χ1n) is 7.23. The lowest BCUT2D eigenvalue weighted by molar-refractivity contribution is -0.137. The van der Waals surface area contributed by atoms with Gasteiger partial charge in [0.15, 0.2) is 0 Å². The van der Waals surface area contributed by atoms with Crippen LogP contribution in [0, 0.1) is 0 Å². The molecule has 10 heteroatoms. The quantitative estimate of drug-likeness (QED) is 0.767. The molecule has 2 N–H and O–H groups in total. The number of aliphatic hydroxyl groups excluding tert-OH is 1. The van der Waals surface area contributed by atoms with Crippen molar-refractivity contribution in [2.24, 2.45) is 0 Å². The number of hydrogen-bond acceptors (Lipinski definition) is 4. The number of sulfonamides is 1. The Kier molecular flexibility index (Phi) is 6.17. The van der Waals surface area contributed by atoms with Gasteiger partial charge in [0.1, 0.15) is 5.75 Å². The molecular weight excluding hydrogens is 395 g/mol. The van der Waals surface area contributed by atoms with Crippen LogP contribution < -0.4 is 9.46 Å². The molecule has 2 aromatic rings. The van der Waals surface area contributed by atoms with E-state index in [1.165, 1.54) is 25.3 Å². The van der Waals surface area contributed by atoms with Gasteiger partial charge in [-0.25, -0.2) is 13.1 Å². The van der Waals surface area contributed by atoms with E-state index >= 15 is 0 Å². The van der Waals surface area contributed by atoms with E-state index in [2.05, 4.69) is 4.72 Å². The molecule has 0 aliphatic carbocycles. The summed E-state index contributed by atoms with van der Waals surface area (Å²) in [6, 6.07) is 7.65. The first-order chi connectivity index (χ1) is 12.0. The molecule has 0 aromatic heterocycles. The number of alkyl halides is 3. The van der Waals surface area contributed by atoms with Crippen molar-refractivity contribution >= 4 is 21.6 Å². The van der Waals surface area contributed by atoms with Crippen LogP contribution in [0.2, 0.25) is 5.02 Å². The molecule has 0 fully saturated rings. The van der Waals surface area contributed by atoms with Crippen molar-refractivity contribution in [2.45, 2.75) is 17.2 Å². The van der Waals surface area contributed by atoms with Crippen LogP contribution in [0.5, 0.6) is 5.75 Å². The molecule has 0 unspecified atom stereocenters. The maximum Gasteiger partial charge on any atom is 0.416 e. The summed E-state index contributed by atoms with van der Waals surface area (Å²) in [5, 5.41) is 10.1. The standard InChI is InChI=1S/C16H15ClF3NO4S/c1-25-15-7-6-12(8-13(15)17)26(23,24)21-9-14(22)10-2-4-11(5-3-10)16(18,19)20/h2-8,14,21-22H,9H2,1H3/t14-/m0/s1. The molecule has 2 aromatic carbocycles. The summed E-state index contributed by atoms with van der Waals surface area (Å²) in [4.78, 5) is -0.136. The van der Waals surface area contributed by atoms with E-state index in [1.807, 2.05) is 0 Å². The molecule has 0 spiro atoms. The number of rotatable bonds is 6. The molecule has 0 amide bonds. The zero-order valence-corrected chi connectivity index (χ0v) is 15.0. The number of halogens is 4. The average molecular weight is 410 g/mol. The third-order valence-electron chi connectivity index (χ3n) is 3.52. The van der Waals surface area contributed by atoms with Gasteiger partial charge in [-0.3, -0.25) is 0 Å². The van der Waals surface area contributed by atoms with Crippen LogP contribution in [0.4, 0.5) is 13.2 Å². The highest BCUT2D eigenvalue weighted by Crippen LogP contribution is 2.30. The minimum absolute atomic E-state index is 0.0960. The van der Waals surface area contributed by atoms with E-state index in [0.717, 1.165) is 24.3 Å². The Morgan fingerprint density at radius 2 is 1.81 bits per heavy atom. The lowest BCUT2D eigenvalue weighted by atomic mass is 10.1. The lowest BCUT2D eigenvalue weighted by Crippen LogP contribution is -2.28. The van der Waals surface area contributed by atoms with Gasteiger partial charge in [-0.05, 0) is 35.9 Å². The third-order valence-corrected chi connectivity index (χ3v) is 5.24. The zero-order valence-electron chi connectivity index (χ0n) is 13.4. The second-order valence-corrected chi connectivity index (χ2v) is 7.46. The predicted molar refractivity (Wildman–Crippen MR) is 89.6 cm³/mol. The highest BCUT2D eigenvalue weighted by Gasteiger charge is 2.30. The summed E-state index contributed by atoms with van der Waals surface area (Å²) < 4.78 is 69.2. The Hall–Kier alpha value is -1.81. The van der Waals surface area contributed by atoms with Gasteiger partial charge in [0, 0.05) is 6.54 Å². The third kappa shape index (κ3) is 4.88. The fraction of sp³-hybridized carbons (Fsp3) is 0.250. The van der Waals surface area contributed by atoms with Gasteiger partial charge in [-0.15, -0.1) is 0 Å². The number of benzene rings is 2. The van der Waals surface area contributed by atoms with Crippen molar-refractivity contribution in [3.63, 3.8) is 0 Å². The number of methoxy groups -OCH3 is 1. The summed E-state index contributed by atoms with van der Waals surface area (Å²) in [5.74, 6) is 0.301. The molecule has 0 bridgehead atoms. The first-order valence-corrected chi connectivity index (χ1v) is 9.09. The Morgan fingerprint density at radius 1 is 1.19 bits per heavy atom. The molecule has 0 aliphatic rings. The van der Waals surface area contributed by atoms with Gasteiger partial charge >= 0.3 is 6.18 Å². The van der Waals surface area contributed by atoms with Crippen LogP contribution in [0.15, 0.2) is 47.4 Å². The predicted octanol–water partition coefficient (Wildman–Crippen LogP) is 3.38. The van der Waals surface area contributed by atoms with Gasteiger partial charge < -0.3 is 9.84 Å². The van der Waals surface area contributed by atoms with Crippen molar-refractivity contribution in [1.82, 2.24) is 4.72 Å². The SMILES string of the molecule is COc1ccc(S(=O)(=O)NC[C@H](O)c2ccc(C(F)(F)F)cc2)cc1Cl. The van der Waals surface area contributed by atoms with Crippen molar-refractivity contribution in [3.8, 4) is 5.75 Å². The second-order valence-electron chi connectivity index (χ2n) is 5.28. The number of aliphatic hydroxyl groups is 1. The molecule has 0 saturated heterocycles. The summed E-state index contributed by atoms with van der Waals surface area (Å²) in [6.07, 6.45) is -5.81. The molecule has 5 nitrogen and oxygen atoms in total. The second kappa shape index (κ2) is 7.83. The molecule has 142 valence electrons. The summed E-state index contributed by atoms with van der Waals surface area (Å²) in [7, 11) is -2.59. The van der Waals surface area contributed by atoms with Crippen molar-refractivity contribution < 1.29 is 31.4 Å². The van der Waals surface area contributed by atoms with Gasteiger partial charge in [-0.1, -0.05) is 23.7 Å². The Labute approximate surface area is 153 Å². The van der Waals surface area contributed by atoms with E-state index in [0.29, 0.717) is 5.75 Å². The van der Waals surface area contributed by atoms with E-state index in [4.69, 9.17) is 16.3 Å². The van der Waals surface area contributed by atoms with Crippen molar-refractivity contribution in [1.29, 1.82) is 0 Å². The maximum absolute atomic E-state index is 12.5. The summed E-state index contributed by atoms with van der Waals surface area (Å²) >= 11 is 5.89. The minimum Gasteiger partial charge on any atom is -0.495 e. The molecule has 26 heavy (non-hydrogen) atoms. The van der Waals surface area contributed by atoms with Crippen LogP contribution in [-0.4, -0.2) is 27.2 Å². The molecule has 0 saturated carbocycles. The first kappa shape index (κ1) is 20.5. The molecule has 2 rings (SSSR count). The highest BCUT2D eigenvalue weighted by molar-refractivity contribution is 7.89. The molecule has 1 atom stereocenters. The Bertz CT molecular complexity index is 870. The summed E-state index contributed by atoms with van der Waals surface area (Å²) in [6.45, 7) is -0.419. The fourth-order valence-electron chi connectivity index (χ4n) is 2.10. The minimum atomic E-state index is -4.49. The number of hydrogen-bond donors (Lipinski definition) is 2. The average Bonchev–Trinajstić information content (AvgIpc) is 2.59. The van der Waals surface area contributed by atoms with E-state index in [1.54, 1.807) is 0 Å². The van der Waals surface area contributed by atoms with Gasteiger partial charge in [0.2, 0.25) is 10.0 Å². The lowest BCUT2D eigenvalue weighted by Gasteiger charge is -2.14. The van der Waals surface area contributed by atoms with Gasteiger partial charge in [-0.2, -0.15) is 13.2 Å². The zero-order chi connectivity index (χ0) is 19.5. The van der Waals surface area contributed by atoms with Gasteiger partial charge in [0.25, 0.3) is 0 Å². The van der Waals surface area contributed by atoms with Crippen molar-refractivity contribution in [2.75, 3.05) is 13.7 Å². The van der Waals surface area contributed by atoms with Crippen LogP contribution >= 0.6 is 11.6 Å². The molecule has 0 radical (unpaired) electrons. The Balaban J connectivity index is 2.08. The van der Waals surface area contributed by atoms with E-state index < -0.39 is 34.4 Å². The largest absolute Gasteiger partial charge is 0.495 e. The highest BCUT2D eigenvalue weighted by atomic mass is 35.5. The fourth-order valence-corrected chi connectivity index (χ4v) is 3.48. The van der Waals surface area contributed by atoms with Crippen LogP contribution in [0.1, 0.15) is 17.2 Å². The number of nitrogens with one attached hydrogen (secondary N) is 1. The summed E-state index contributed by atoms with van der Waals surface area (Å²) in [5.41, 5.74) is -0.713. The van der Waals surface area contributed by atoms with Crippen molar-refractivity contribution in [3.05, 3.63) is 58.6 Å². The van der Waals surface area contributed by atoms with Crippen LogP contribution in [0.3, 0.4) is 0 Å².